The monoisotopic (exact) mass is 540 g/mol. The first-order chi connectivity index (χ1) is 14.6. The third-order valence-corrected chi connectivity index (χ3v) is 4.30. The standard InChI is InChI=1S/C23H32N4O3.HI/c1-3-24-22(29)17-30-20-12-8-9-18(15-20)16-27-23(25-4-2)26-14-13-21(28)19-10-6-5-7-11-19;/h5-12,15,21,28H,3-4,13-14,16-17H2,1-2H3,(H,24,29)(H2,25,26,27);1H. The van der Waals surface area contributed by atoms with Crippen LogP contribution in [0.4, 0.5) is 0 Å². The van der Waals surface area contributed by atoms with Crippen LogP contribution >= 0.6 is 24.0 Å². The first-order valence-corrected chi connectivity index (χ1v) is 10.4. The summed E-state index contributed by atoms with van der Waals surface area (Å²) < 4.78 is 5.53. The van der Waals surface area contributed by atoms with Crippen LogP contribution < -0.4 is 20.7 Å². The highest BCUT2D eigenvalue weighted by atomic mass is 127. The van der Waals surface area contributed by atoms with Crippen LogP contribution in [0, 0.1) is 0 Å². The highest BCUT2D eigenvalue weighted by Crippen LogP contribution is 2.15. The van der Waals surface area contributed by atoms with Crippen molar-refractivity contribution in [2.45, 2.75) is 32.9 Å². The molecule has 2 rings (SSSR count). The second-order valence-electron chi connectivity index (χ2n) is 6.73. The lowest BCUT2D eigenvalue weighted by Crippen LogP contribution is -2.38. The van der Waals surface area contributed by atoms with Gasteiger partial charge in [-0.15, -0.1) is 24.0 Å². The van der Waals surface area contributed by atoms with Gasteiger partial charge >= 0.3 is 0 Å². The molecule has 0 aliphatic rings. The van der Waals surface area contributed by atoms with Gasteiger partial charge in [-0.05, 0) is 43.5 Å². The fourth-order valence-electron chi connectivity index (χ4n) is 2.81. The summed E-state index contributed by atoms with van der Waals surface area (Å²) in [6.45, 7) is 6.25. The Morgan fingerprint density at radius 1 is 1.03 bits per heavy atom. The van der Waals surface area contributed by atoms with E-state index in [-0.39, 0.29) is 36.5 Å². The van der Waals surface area contributed by atoms with E-state index in [0.29, 0.717) is 37.8 Å². The number of guanidine groups is 1. The number of hydrogen-bond donors (Lipinski definition) is 4. The minimum absolute atomic E-state index is 0. The van der Waals surface area contributed by atoms with Gasteiger partial charge in [0.25, 0.3) is 5.91 Å². The third-order valence-electron chi connectivity index (χ3n) is 4.30. The van der Waals surface area contributed by atoms with Crippen LogP contribution in [0.15, 0.2) is 59.6 Å². The topological polar surface area (TPSA) is 95.0 Å². The zero-order valence-corrected chi connectivity index (χ0v) is 20.5. The zero-order chi connectivity index (χ0) is 21.6. The molecule has 2 aromatic rings. The number of nitrogens with one attached hydrogen (secondary N) is 3. The molecule has 0 aromatic heterocycles. The number of amides is 1. The van der Waals surface area contributed by atoms with E-state index < -0.39 is 6.10 Å². The van der Waals surface area contributed by atoms with Gasteiger partial charge < -0.3 is 25.8 Å². The summed E-state index contributed by atoms with van der Waals surface area (Å²) in [5.74, 6) is 1.18. The van der Waals surface area contributed by atoms with E-state index in [1.165, 1.54) is 0 Å². The number of benzene rings is 2. The second-order valence-corrected chi connectivity index (χ2v) is 6.73. The van der Waals surface area contributed by atoms with E-state index in [4.69, 9.17) is 4.74 Å². The maximum atomic E-state index is 11.5. The van der Waals surface area contributed by atoms with Gasteiger partial charge in [-0.3, -0.25) is 4.79 Å². The summed E-state index contributed by atoms with van der Waals surface area (Å²) in [5.41, 5.74) is 1.88. The molecule has 0 saturated carbocycles. The molecule has 0 saturated heterocycles. The lowest BCUT2D eigenvalue weighted by Gasteiger charge is -2.14. The highest BCUT2D eigenvalue weighted by Gasteiger charge is 2.07. The van der Waals surface area contributed by atoms with Crippen LogP contribution in [0.5, 0.6) is 5.75 Å². The Labute approximate surface area is 201 Å². The molecular weight excluding hydrogens is 507 g/mol. The Kier molecular flexibility index (Phi) is 13.3. The summed E-state index contributed by atoms with van der Waals surface area (Å²) in [7, 11) is 0. The average molecular weight is 540 g/mol. The van der Waals surface area contributed by atoms with E-state index >= 15 is 0 Å². The van der Waals surface area contributed by atoms with E-state index in [1.54, 1.807) is 0 Å². The summed E-state index contributed by atoms with van der Waals surface area (Å²) >= 11 is 0. The van der Waals surface area contributed by atoms with Gasteiger partial charge in [0.15, 0.2) is 12.6 Å². The van der Waals surface area contributed by atoms with Gasteiger partial charge in [0, 0.05) is 19.6 Å². The molecular formula is C23H33IN4O3. The van der Waals surface area contributed by atoms with Crippen molar-refractivity contribution in [3.63, 3.8) is 0 Å². The van der Waals surface area contributed by atoms with Gasteiger partial charge in [0.05, 0.1) is 12.6 Å². The fraction of sp³-hybridized carbons (Fsp3) is 0.391. The van der Waals surface area contributed by atoms with Crippen LogP contribution in [0.25, 0.3) is 0 Å². The number of ether oxygens (including phenoxy) is 1. The van der Waals surface area contributed by atoms with Crippen molar-refractivity contribution >= 4 is 35.8 Å². The Balaban J connectivity index is 0.00000480. The van der Waals surface area contributed by atoms with Gasteiger partial charge in [0.1, 0.15) is 5.75 Å². The van der Waals surface area contributed by atoms with Gasteiger partial charge in [-0.25, -0.2) is 4.99 Å². The number of carbonyl (C=O) groups is 1. The van der Waals surface area contributed by atoms with Crippen molar-refractivity contribution in [1.29, 1.82) is 0 Å². The smallest absolute Gasteiger partial charge is 0.257 e. The summed E-state index contributed by atoms with van der Waals surface area (Å²) in [6.07, 6.45) is 0.0673. The predicted molar refractivity (Wildman–Crippen MR) is 135 cm³/mol. The molecule has 2 aromatic carbocycles. The van der Waals surface area contributed by atoms with Crippen LogP contribution in [-0.2, 0) is 11.3 Å². The van der Waals surface area contributed by atoms with E-state index in [9.17, 15) is 9.90 Å². The Morgan fingerprint density at radius 2 is 1.77 bits per heavy atom. The van der Waals surface area contributed by atoms with Crippen LogP contribution in [0.2, 0.25) is 0 Å². The number of aliphatic hydroxyl groups excluding tert-OH is 1. The van der Waals surface area contributed by atoms with Crippen LogP contribution in [-0.4, -0.2) is 43.2 Å². The third kappa shape index (κ3) is 10.5. The summed E-state index contributed by atoms with van der Waals surface area (Å²) in [5, 5.41) is 19.4. The predicted octanol–water partition coefficient (Wildman–Crippen LogP) is 3.00. The lowest BCUT2D eigenvalue weighted by atomic mass is 10.1. The molecule has 31 heavy (non-hydrogen) atoms. The molecule has 1 atom stereocenters. The molecule has 0 bridgehead atoms. The summed E-state index contributed by atoms with van der Waals surface area (Å²) in [4.78, 5) is 16.1. The first kappa shape index (κ1) is 26.7. The number of nitrogens with zero attached hydrogens (tertiary/aromatic N) is 1. The number of likely N-dealkylation sites (N-methyl/N-ethyl adjacent to an activating group) is 1. The van der Waals surface area contributed by atoms with Crippen molar-refractivity contribution < 1.29 is 14.6 Å². The maximum Gasteiger partial charge on any atom is 0.257 e. The maximum absolute atomic E-state index is 11.5. The number of aliphatic imine (C=N–C) groups is 1. The quantitative estimate of drug-likeness (QED) is 0.200. The number of hydrogen-bond acceptors (Lipinski definition) is 4. The molecule has 0 aliphatic carbocycles. The molecule has 0 radical (unpaired) electrons. The molecule has 1 amide bonds. The SMILES string of the molecule is CCNC(=O)COc1cccc(CN=C(NCC)NCCC(O)c2ccccc2)c1.I. The molecule has 0 spiro atoms. The number of rotatable bonds is 11. The lowest BCUT2D eigenvalue weighted by molar-refractivity contribution is -0.122. The summed E-state index contributed by atoms with van der Waals surface area (Å²) in [6, 6.07) is 17.2. The zero-order valence-electron chi connectivity index (χ0n) is 18.1. The number of halogens is 1. The number of aliphatic hydroxyl groups is 1. The highest BCUT2D eigenvalue weighted by molar-refractivity contribution is 14.0. The molecule has 7 nitrogen and oxygen atoms in total. The van der Waals surface area contributed by atoms with Gasteiger partial charge in [0.2, 0.25) is 0 Å². The Bertz CT molecular complexity index is 802. The first-order valence-electron chi connectivity index (χ1n) is 10.4. The van der Waals surface area contributed by atoms with Crippen molar-refractivity contribution in [1.82, 2.24) is 16.0 Å². The molecule has 0 aliphatic heterocycles. The van der Waals surface area contributed by atoms with Crippen molar-refractivity contribution in [3.05, 3.63) is 65.7 Å². The number of carbonyl (C=O) groups excluding carboxylic acids is 1. The van der Waals surface area contributed by atoms with Crippen molar-refractivity contribution in [3.8, 4) is 5.75 Å². The Morgan fingerprint density at radius 3 is 2.48 bits per heavy atom. The van der Waals surface area contributed by atoms with E-state index in [0.717, 1.165) is 17.7 Å². The van der Waals surface area contributed by atoms with E-state index in [1.807, 2.05) is 68.4 Å². The van der Waals surface area contributed by atoms with Gasteiger partial charge in [-0.2, -0.15) is 0 Å². The van der Waals surface area contributed by atoms with E-state index in [2.05, 4.69) is 20.9 Å². The molecule has 170 valence electrons. The fourth-order valence-corrected chi connectivity index (χ4v) is 2.81. The molecule has 4 N–H and O–H groups in total. The molecule has 1 unspecified atom stereocenters. The minimum atomic E-state index is -0.514. The van der Waals surface area contributed by atoms with Crippen LogP contribution in [0.1, 0.15) is 37.5 Å². The largest absolute Gasteiger partial charge is 0.484 e. The minimum Gasteiger partial charge on any atom is -0.484 e. The molecule has 8 heteroatoms. The van der Waals surface area contributed by atoms with Gasteiger partial charge in [-0.1, -0.05) is 42.5 Å². The molecule has 0 fully saturated rings. The van der Waals surface area contributed by atoms with Crippen LogP contribution in [0.3, 0.4) is 0 Å². The van der Waals surface area contributed by atoms with Crippen molar-refractivity contribution in [2.75, 3.05) is 26.2 Å². The second kappa shape index (κ2) is 15.5. The Hall–Kier alpha value is -2.33. The average Bonchev–Trinajstić information content (AvgIpc) is 2.77. The molecule has 0 heterocycles. The normalized spacial score (nSPS) is 11.8. The van der Waals surface area contributed by atoms with Crippen molar-refractivity contribution in [2.24, 2.45) is 4.99 Å².